The molecule has 0 heterocycles. The first kappa shape index (κ1) is 8.62. The van der Waals surface area contributed by atoms with Crippen molar-refractivity contribution in [2.45, 2.75) is 13.0 Å². The van der Waals surface area contributed by atoms with E-state index < -0.39 is 6.10 Å². The maximum Gasteiger partial charge on any atom is 0.108 e. The second-order valence-electron chi connectivity index (χ2n) is 1.71. The minimum Gasteiger partial charge on any atom is -0.391 e. The minimum atomic E-state index is -0.477. The van der Waals surface area contributed by atoms with Crippen LogP contribution in [0.1, 0.15) is 6.92 Å². The van der Waals surface area contributed by atoms with Crippen molar-refractivity contribution >= 4 is 0 Å². The fourth-order valence-electron chi connectivity index (χ4n) is 0.243. The molecule has 0 aromatic carbocycles. The van der Waals surface area contributed by atoms with E-state index in [-0.39, 0.29) is 6.61 Å². The number of hydrogen-bond acceptors (Lipinski definition) is 3. The Morgan fingerprint density at radius 1 is 1.67 bits per heavy atom. The van der Waals surface area contributed by atoms with Gasteiger partial charge in [-0.1, -0.05) is 6.08 Å². The van der Waals surface area contributed by atoms with Crippen molar-refractivity contribution in [1.29, 1.82) is 0 Å². The molecular weight excluding hydrogens is 120 g/mol. The van der Waals surface area contributed by atoms with Crippen LogP contribution in [0.25, 0.3) is 0 Å². The lowest BCUT2D eigenvalue weighted by atomic mass is 10.5. The Labute approximate surface area is 54.8 Å². The van der Waals surface area contributed by atoms with E-state index in [2.05, 4.69) is 16.4 Å². The molecule has 0 bridgehead atoms. The summed E-state index contributed by atoms with van der Waals surface area (Å²) in [6.45, 7) is 5.59. The van der Waals surface area contributed by atoms with Gasteiger partial charge in [0.2, 0.25) is 0 Å². The molecule has 1 atom stereocenters. The van der Waals surface area contributed by atoms with Crippen LogP contribution in [0.3, 0.4) is 0 Å². The Morgan fingerprint density at radius 2 is 2.33 bits per heavy atom. The van der Waals surface area contributed by atoms with E-state index in [9.17, 15) is 0 Å². The van der Waals surface area contributed by atoms with E-state index in [1.165, 1.54) is 0 Å². The van der Waals surface area contributed by atoms with Crippen LogP contribution in [0, 0.1) is 0 Å². The molecule has 0 fully saturated rings. The monoisotopic (exact) mass is 132 g/mol. The molecule has 1 N–H and O–H groups in total. The highest BCUT2D eigenvalue weighted by Crippen LogP contribution is 1.83. The largest absolute Gasteiger partial charge is 0.391 e. The zero-order valence-corrected chi connectivity index (χ0v) is 5.54. The van der Waals surface area contributed by atoms with Crippen molar-refractivity contribution in [1.82, 2.24) is 0 Å². The van der Waals surface area contributed by atoms with Gasteiger partial charge in [-0.3, -0.25) is 0 Å². The molecule has 54 valence electrons. The summed E-state index contributed by atoms with van der Waals surface area (Å²) >= 11 is 0. The molecule has 1 unspecified atom stereocenters. The van der Waals surface area contributed by atoms with Crippen LogP contribution in [-0.4, -0.2) is 24.4 Å². The normalized spacial score (nSPS) is 13.1. The van der Waals surface area contributed by atoms with Gasteiger partial charge in [-0.05, 0) is 6.92 Å². The van der Waals surface area contributed by atoms with Crippen molar-refractivity contribution in [2.75, 3.05) is 13.2 Å². The topological polar surface area (TPSA) is 38.7 Å². The summed E-state index contributed by atoms with van der Waals surface area (Å²) in [5.74, 6) is 0. The predicted octanol–water partition coefficient (Wildman–Crippen LogP) is 0.501. The van der Waals surface area contributed by atoms with Crippen molar-refractivity contribution in [3.05, 3.63) is 12.7 Å². The molecule has 3 heteroatoms. The second kappa shape index (κ2) is 5.75. The molecule has 0 aromatic rings. The summed E-state index contributed by atoms with van der Waals surface area (Å²) < 4.78 is 0. The van der Waals surface area contributed by atoms with Gasteiger partial charge in [-0.25, -0.2) is 9.78 Å². The highest BCUT2D eigenvalue weighted by molar-refractivity contribution is 4.62. The molecule has 0 rings (SSSR count). The van der Waals surface area contributed by atoms with Crippen LogP contribution in [0.5, 0.6) is 0 Å². The highest BCUT2D eigenvalue weighted by atomic mass is 17.2. The second-order valence-corrected chi connectivity index (χ2v) is 1.71. The SMILES string of the molecule is C=CCOOCC(C)O. The Balaban J connectivity index is 2.82. The van der Waals surface area contributed by atoms with E-state index in [4.69, 9.17) is 5.11 Å². The molecular formula is C6H12O3. The molecule has 0 radical (unpaired) electrons. The molecule has 0 aliphatic rings. The Hall–Kier alpha value is -0.380. The van der Waals surface area contributed by atoms with E-state index in [0.717, 1.165) is 0 Å². The van der Waals surface area contributed by atoms with Gasteiger partial charge in [0.15, 0.2) is 0 Å². The molecule has 0 saturated heterocycles. The van der Waals surface area contributed by atoms with Crippen molar-refractivity contribution in [2.24, 2.45) is 0 Å². The quantitative estimate of drug-likeness (QED) is 0.256. The number of hydrogen-bond donors (Lipinski definition) is 1. The molecule has 0 spiro atoms. The molecule has 0 saturated carbocycles. The van der Waals surface area contributed by atoms with Gasteiger partial charge in [0.1, 0.15) is 13.2 Å². The summed E-state index contributed by atoms with van der Waals surface area (Å²) in [6.07, 6.45) is 1.09. The third-order valence-corrected chi connectivity index (χ3v) is 0.578. The van der Waals surface area contributed by atoms with E-state index in [1.54, 1.807) is 13.0 Å². The lowest BCUT2D eigenvalue weighted by Crippen LogP contribution is -2.10. The van der Waals surface area contributed by atoms with Crippen LogP contribution >= 0.6 is 0 Å². The first-order valence-electron chi connectivity index (χ1n) is 2.80. The third kappa shape index (κ3) is 7.62. The van der Waals surface area contributed by atoms with Gasteiger partial charge < -0.3 is 5.11 Å². The zero-order chi connectivity index (χ0) is 7.11. The average molecular weight is 132 g/mol. The maximum absolute atomic E-state index is 8.62. The number of aliphatic hydroxyl groups is 1. The van der Waals surface area contributed by atoms with E-state index in [1.807, 2.05) is 0 Å². The predicted molar refractivity (Wildman–Crippen MR) is 33.8 cm³/mol. The molecule has 0 aliphatic carbocycles. The standard InChI is InChI=1S/C6H12O3/c1-3-4-8-9-5-6(2)7/h3,6-7H,1,4-5H2,2H3. The van der Waals surface area contributed by atoms with Gasteiger partial charge >= 0.3 is 0 Å². The van der Waals surface area contributed by atoms with Crippen LogP contribution in [0.4, 0.5) is 0 Å². The summed E-state index contributed by atoms with van der Waals surface area (Å²) in [7, 11) is 0. The van der Waals surface area contributed by atoms with Gasteiger partial charge in [0.05, 0.1) is 6.10 Å². The van der Waals surface area contributed by atoms with E-state index in [0.29, 0.717) is 6.61 Å². The zero-order valence-electron chi connectivity index (χ0n) is 5.54. The fraction of sp³-hybridized carbons (Fsp3) is 0.667. The maximum atomic E-state index is 8.62. The van der Waals surface area contributed by atoms with Crippen LogP contribution in [0.2, 0.25) is 0 Å². The minimum absolute atomic E-state index is 0.202. The summed E-state index contributed by atoms with van der Waals surface area (Å²) in [5, 5.41) is 8.62. The van der Waals surface area contributed by atoms with Gasteiger partial charge in [0.25, 0.3) is 0 Å². The van der Waals surface area contributed by atoms with Gasteiger partial charge in [0, 0.05) is 0 Å². The third-order valence-electron chi connectivity index (χ3n) is 0.578. The molecule has 0 amide bonds. The smallest absolute Gasteiger partial charge is 0.108 e. The lowest BCUT2D eigenvalue weighted by Gasteiger charge is -2.02. The summed E-state index contributed by atoms with van der Waals surface area (Å²) in [6, 6.07) is 0. The summed E-state index contributed by atoms with van der Waals surface area (Å²) in [4.78, 5) is 9.03. The first-order chi connectivity index (χ1) is 4.27. The average Bonchev–Trinajstić information content (AvgIpc) is 1.80. The summed E-state index contributed by atoms with van der Waals surface area (Å²) in [5.41, 5.74) is 0. The Morgan fingerprint density at radius 3 is 2.78 bits per heavy atom. The van der Waals surface area contributed by atoms with Gasteiger partial charge in [-0.15, -0.1) is 6.58 Å². The van der Waals surface area contributed by atoms with Crippen molar-refractivity contribution < 1.29 is 14.9 Å². The molecule has 0 aromatic heterocycles. The highest BCUT2D eigenvalue weighted by Gasteiger charge is 1.93. The fourth-order valence-corrected chi connectivity index (χ4v) is 0.243. The lowest BCUT2D eigenvalue weighted by molar-refractivity contribution is -0.296. The van der Waals surface area contributed by atoms with E-state index >= 15 is 0 Å². The first-order valence-corrected chi connectivity index (χ1v) is 2.80. The Kier molecular flexibility index (Phi) is 5.51. The van der Waals surface area contributed by atoms with Crippen molar-refractivity contribution in [3.63, 3.8) is 0 Å². The van der Waals surface area contributed by atoms with Crippen LogP contribution < -0.4 is 0 Å². The molecule has 9 heavy (non-hydrogen) atoms. The Bertz CT molecular complexity index is 70.7. The van der Waals surface area contributed by atoms with Crippen molar-refractivity contribution in [3.8, 4) is 0 Å². The number of rotatable bonds is 5. The molecule has 0 aliphatic heterocycles. The molecule has 3 nitrogen and oxygen atoms in total. The number of aliphatic hydroxyl groups excluding tert-OH is 1. The van der Waals surface area contributed by atoms with Gasteiger partial charge in [-0.2, -0.15) is 0 Å². The van der Waals surface area contributed by atoms with Crippen LogP contribution in [-0.2, 0) is 9.78 Å². The van der Waals surface area contributed by atoms with Crippen LogP contribution in [0.15, 0.2) is 12.7 Å².